The smallest absolute Gasteiger partial charge is 0.303 e. The average molecular weight is 404 g/mol. The van der Waals surface area contributed by atoms with E-state index in [2.05, 4.69) is 0 Å². The van der Waals surface area contributed by atoms with Gasteiger partial charge in [0.15, 0.2) is 0 Å². The summed E-state index contributed by atoms with van der Waals surface area (Å²) >= 11 is 0. The molecule has 158 valence electrons. The van der Waals surface area contributed by atoms with Gasteiger partial charge in [0, 0.05) is 12.3 Å². The number of aliphatic hydroxyl groups is 2. The number of hydrogen-bond donors (Lipinski definition) is 3. The van der Waals surface area contributed by atoms with Crippen molar-refractivity contribution in [2.45, 2.75) is 38.4 Å². The number of carbonyl (C=O) groups is 1. The molecule has 0 aliphatic heterocycles. The predicted octanol–water partition coefficient (Wildman–Crippen LogP) is 4.04. The molecule has 0 aromatic heterocycles. The molecule has 0 bridgehead atoms. The van der Waals surface area contributed by atoms with Crippen LogP contribution in [0.1, 0.15) is 26.2 Å². The van der Waals surface area contributed by atoms with Crippen LogP contribution in [0.25, 0.3) is 0 Å². The molecule has 29 heavy (non-hydrogen) atoms. The molecule has 1 rings (SSSR count). The van der Waals surface area contributed by atoms with Gasteiger partial charge < -0.3 is 20.1 Å². The fourth-order valence-corrected chi connectivity index (χ4v) is 2.26. The van der Waals surface area contributed by atoms with Crippen molar-refractivity contribution in [3.63, 3.8) is 0 Å². The van der Waals surface area contributed by atoms with Crippen molar-refractivity contribution in [2.75, 3.05) is 6.61 Å². The third-order valence-corrected chi connectivity index (χ3v) is 3.91. The molecule has 3 N–H and O–H groups in total. The molecule has 0 saturated heterocycles. The first-order valence-corrected chi connectivity index (χ1v) is 9.53. The van der Waals surface area contributed by atoms with E-state index in [9.17, 15) is 19.4 Å². The average Bonchev–Trinajstić information content (AvgIpc) is 2.69. The van der Waals surface area contributed by atoms with Gasteiger partial charge in [-0.15, -0.1) is 0 Å². The van der Waals surface area contributed by atoms with Crippen molar-refractivity contribution in [1.29, 1.82) is 0 Å². The van der Waals surface area contributed by atoms with Crippen molar-refractivity contribution in [2.24, 2.45) is 5.92 Å². The number of allylic oxidation sites excluding steroid dienone is 6. The minimum atomic E-state index is -1.03. The number of carboxylic acid groups (broad SMARTS) is 1. The van der Waals surface area contributed by atoms with Crippen LogP contribution in [0.15, 0.2) is 72.9 Å². The van der Waals surface area contributed by atoms with Crippen LogP contribution in [0.5, 0.6) is 5.75 Å². The number of halogens is 1. The van der Waals surface area contributed by atoms with E-state index in [1.54, 1.807) is 30.4 Å². The highest BCUT2D eigenvalue weighted by Gasteiger charge is 2.12. The Morgan fingerprint density at radius 1 is 1.03 bits per heavy atom. The number of rotatable bonds is 13. The fraction of sp³-hybridized carbons (Fsp3) is 0.348. The predicted molar refractivity (Wildman–Crippen MR) is 111 cm³/mol. The van der Waals surface area contributed by atoms with E-state index in [1.165, 1.54) is 18.2 Å². The van der Waals surface area contributed by atoms with Gasteiger partial charge in [0.1, 0.15) is 11.6 Å². The van der Waals surface area contributed by atoms with E-state index in [4.69, 9.17) is 9.84 Å². The molecule has 0 spiro atoms. The molecule has 5 nitrogen and oxygen atoms in total. The standard InChI is InChI=1S/C23H29FO5/c1-18(17-29-20-15-13-19(24)14-16-20)9-6-4-2-3-5-7-10-21(25)22(26)11-8-12-23(27)28/h2-7,9-10,13-16,18,21-22,25-26H,8,11-12,17H2,1H3,(H,27,28). The molecular weight excluding hydrogens is 375 g/mol. The quantitative estimate of drug-likeness (QED) is 0.432. The molecule has 0 aliphatic rings. The van der Waals surface area contributed by atoms with Gasteiger partial charge in [0.2, 0.25) is 0 Å². The first kappa shape index (κ1) is 24.3. The summed E-state index contributed by atoms with van der Waals surface area (Å²) in [5.74, 6) is -0.391. The number of aliphatic hydroxyl groups excluding tert-OH is 2. The number of carboxylic acids is 1. The van der Waals surface area contributed by atoms with Crippen molar-refractivity contribution in [3.05, 3.63) is 78.7 Å². The Labute approximate surface area is 171 Å². The summed E-state index contributed by atoms with van der Waals surface area (Å²) in [6, 6.07) is 5.91. The van der Waals surface area contributed by atoms with Gasteiger partial charge in [-0.3, -0.25) is 4.79 Å². The van der Waals surface area contributed by atoms with E-state index in [1.807, 2.05) is 31.2 Å². The molecule has 6 heteroatoms. The van der Waals surface area contributed by atoms with Crippen LogP contribution in [0.2, 0.25) is 0 Å². The zero-order valence-electron chi connectivity index (χ0n) is 16.5. The van der Waals surface area contributed by atoms with E-state index in [0.717, 1.165) is 0 Å². The SMILES string of the molecule is CC(C=CC=CC=CC=CC(O)C(O)CCCC(=O)O)COc1ccc(F)cc1. The first-order chi connectivity index (χ1) is 13.9. The molecule has 0 saturated carbocycles. The molecule has 1 aromatic carbocycles. The zero-order valence-corrected chi connectivity index (χ0v) is 16.5. The summed E-state index contributed by atoms with van der Waals surface area (Å²) in [6.45, 7) is 2.50. The minimum absolute atomic E-state index is 0.0251. The molecular formula is C23H29FO5. The van der Waals surface area contributed by atoms with E-state index >= 15 is 0 Å². The maximum absolute atomic E-state index is 12.8. The monoisotopic (exact) mass is 404 g/mol. The molecule has 0 amide bonds. The Morgan fingerprint density at radius 2 is 1.62 bits per heavy atom. The lowest BCUT2D eigenvalue weighted by Gasteiger charge is -2.13. The number of hydrogen-bond acceptors (Lipinski definition) is 4. The van der Waals surface area contributed by atoms with Crippen LogP contribution in [-0.2, 0) is 4.79 Å². The Bertz CT molecular complexity index is 706. The normalized spacial score (nSPS) is 15.4. The number of aliphatic carboxylic acids is 1. The minimum Gasteiger partial charge on any atom is -0.493 e. The molecule has 0 fully saturated rings. The van der Waals surface area contributed by atoms with Crippen molar-refractivity contribution < 1.29 is 29.2 Å². The molecule has 3 atom stereocenters. The van der Waals surface area contributed by atoms with E-state index < -0.39 is 18.2 Å². The van der Waals surface area contributed by atoms with Crippen LogP contribution in [-0.4, -0.2) is 40.1 Å². The molecule has 0 heterocycles. The van der Waals surface area contributed by atoms with Gasteiger partial charge in [-0.2, -0.15) is 0 Å². The van der Waals surface area contributed by atoms with Crippen molar-refractivity contribution in [3.8, 4) is 5.75 Å². The second-order valence-corrected chi connectivity index (χ2v) is 6.63. The summed E-state index contributed by atoms with van der Waals surface area (Å²) < 4.78 is 18.4. The summed E-state index contributed by atoms with van der Waals surface area (Å²) in [6.07, 6.45) is 12.7. The highest BCUT2D eigenvalue weighted by Crippen LogP contribution is 2.12. The topological polar surface area (TPSA) is 87.0 Å². The zero-order chi connectivity index (χ0) is 21.5. The lowest BCUT2D eigenvalue weighted by molar-refractivity contribution is -0.137. The lowest BCUT2D eigenvalue weighted by Crippen LogP contribution is -2.23. The molecule has 0 aliphatic carbocycles. The second-order valence-electron chi connectivity index (χ2n) is 6.63. The largest absolute Gasteiger partial charge is 0.493 e. The Kier molecular flexibility index (Phi) is 12.0. The Morgan fingerprint density at radius 3 is 2.24 bits per heavy atom. The second kappa shape index (κ2) is 14.3. The summed E-state index contributed by atoms with van der Waals surface area (Å²) in [7, 11) is 0. The van der Waals surface area contributed by atoms with Gasteiger partial charge in [-0.1, -0.05) is 55.5 Å². The van der Waals surface area contributed by atoms with E-state index in [-0.39, 0.29) is 24.6 Å². The molecule has 3 unspecified atom stereocenters. The maximum Gasteiger partial charge on any atom is 0.303 e. The van der Waals surface area contributed by atoms with Crippen LogP contribution >= 0.6 is 0 Å². The fourth-order valence-electron chi connectivity index (χ4n) is 2.26. The van der Waals surface area contributed by atoms with Crippen molar-refractivity contribution >= 4 is 5.97 Å². The van der Waals surface area contributed by atoms with Gasteiger partial charge in [-0.05, 0) is 37.1 Å². The van der Waals surface area contributed by atoms with Crippen molar-refractivity contribution in [1.82, 2.24) is 0 Å². The summed E-state index contributed by atoms with van der Waals surface area (Å²) in [4.78, 5) is 10.4. The molecule has 1 aromatic rings. The van der Waals surface area contributed by atoms with Crippen LogP contribution in [0, 0.1) is 11.7 Å². The maximum atomic E-state index is 12.8. The third-order valence-electron chi connectivity index (χ3n) is 3.91. The van der Waals surface area contributed by atoms with Crippen LogP contribution in [0.4, 0.5) is 4.39 Å². The van der Waals surface area contributed by atoms with E-state index in [0.29, 0.717) is 18.8 Å². The summed E-state index contributed by atoms with van der Waals surface area (Å²) in [5.41, 5.74) is 0. The number of ether oxygens (including phenoxy) is 1. The van der Waals surface area contributed by atoms with Crippen LogP contribution in [0.3, 0.4) is 0 Å². The highest BCUT2D eigenvalue weighted by atomic mass is 19.1. The first-order valence-electron chi connectivity index (χ1n) is 9.53. The lowest BCUT2D eigenvalue weighted by atomic mass is 10.1. The Hall–Kier alpha value is -2.70. The summed E-state index contributed by atoms with van der Waals surface area (Å²) in [5, 5.41) is 28.0. The van der Waals surface area contributed by atoms with Gasteiger partial charge in [-0.25, -0.2) is 4.39 Å². The highest BCUT2D eigenvalue weighted by molar-refractivity contribution is 5.66. The van der Waals surface area contributed by atoms with Crippen LogP contribution < -0.4 is 4.74 Å². The molecule has 0 radical (unpaired) electrons. The Balaban J connectivity index is 2.24. The van der Waals surface area contributed by atoms with Gasteiger partial charge >= 0.3 is 5.97 Å². The van der Waals surface area contributed by atoms with Gasteiger partial charge in [0.05, 0.1) is 18.8 Å². The third kappa shape index (κ3) is 12.4. The van der Waals surface area contributed by atoms with Gasteiger partial charge in [0.25, 0.3) is 0 Å². The number of benzene rings is 1.